The summed E-state index contributed by atoms with van der Waals surface area (Å²) < 4.78 is 11.1. The van der Waals surface area contributed by atoms with E-state index in [4.69, 9.17) is 15.2 Å². The Morgan fingerprint density at radius 1 is 0.905 bits per heavy atom. The number of ether oxygens (including phenoxy) is 2. The van der Waals surface area contributed by atoms with Gasteiger partial charge in [-0.25, -0.2) is 0 Å². The first-order valence-corrected chi connectivity index (χ1v) is 7.11. The molecule has 0 amide bonds. The fraction of sp³-hybridized carbons (Fsp3) is 0.294. The number of benzene rings is 2. The van der Waals surface area contributed by atoms with E-state index in [0.717, 1.165) is 29.4 Å². The van der Waals surface area contributed by atoms with E-state index >= 15 is 0 Å². The molecule has 0 aromatic heterocycles. The Kier molecular flexibility index (Phi) is 5.32. The summed E-state index contributed by atoms with van der Waals surface area (Å²) in [5, 5.41) is 0. The first-order chi connectivity index (χ1) is 10.2. The second-order valence-electron chi connectivity index (χ2n) is 4.77. The monoisotopic (exact) mass is 286 g/mol. The maximum absolute atomic E-state index is 5.73. The minimum atomic E-state index is 0.620. The second-order valence-corrected chi connectivity index (χ2v) is 4.77. The molecule has 0 heterocycles. The van der Waals surface area contributed by atoms with E-state index < -0.39 is 0 Å². The van der Waals surface area contributed by atoms with E-state index in [9.17, 15) is 0 Å². The third-order valence-corrected chi connectivity index (χ3v) is 3.16. The van der Waals surface area contributed by atoms with E-state index in [1.165, 1.54) is 0 Å². The Bertz CT molecular complexity index is 538. The van der Waals surface area contributed by atoms with Crippen LogP contribution >= 0.6 is 0 Å². The number of anilines is 2. The number of hydrogen-bond donors (Lipinski definition) is 1. The predicted octanol–water partition coefficient (Wildman–Crippen LogP) is 3.18. The molecule has 0 radical (unpaired) electrons. The molecule has 0 saturated heterocycles. The zero-order valence-corrected chi connectivity index (χ0v) is 12.6. The predicted molar refractivity (Wildman–Crippen MR) is 87.2 cm³/mol. The highest BCUT2D eigenvalue weighted by Crippen LogP contribution is 2.18. The van der Waals surface area contributed by atoms with Gasteiger partial charge in [-0.2, -0.15) is 0 Å². The summed E-state index contributed by atoms with van der Waals surface area (Å²) in [5.41, 5.74) is 7.58. The lowest BCUT2D eigenvalue weighted by Gasteiger charge is -2.19. The van der Waals surface area contributed by atoms with Crippen molar-refractivity contribution in [2.45, 2.75) is 6.92 Å². The molecule has 0 saturated carbocycles. The van der Waals surface area contributed by atoms with Crippen molar-refractivity contribution >= 4 is 11.4 Å². The van der Waals surface area contributed by atoms with Crippen molar-refractivity contribution in [2.75, 3.05) is 37.4 Å². The minimum absolute atomic E-state index is 0.620. The lowest BCUT2D eigenvalue weighted by atomic mass is 10.2. The van der Waals surface area contributed by atoms with Gasteiger partial charge in [0, 0.05) is 18.4 Å². The van der Waals surface area contributed by atoms with Crippen LogP contribution in [0.2, 0.25) is 0 Å². The van der Waals surface area contributed by atoms with Crippen LogP contribution < -0.4 is 20.1 Å². The van der Waals surface area contributed by atoms with Crippen LogP contribution in [0.25, 0.3) is 0 Å². The Morgan fingerprint density at radius 3 is 2.05 bits per heavy atom. The van der Waals surface area contributed by atoms with Crippen molar-refractivity contribution in [1.82, 2.24) is 0 Å². The SMILES string of the molecule is CCOc1ccc(OCCN(C)c2ccc(N)cc2)cc1. The molecule has 2 aromatic carbocycles. The number of nitrogen functional groups attached to an aromatic ring is 1. The van der Waals surface area contributed by atoms with Crippen LogP contribution in [0.5, 0.6) is 11.5 Å². The van der Waals surface area contributed by atoms with Gasteiger partial charge in [-0.3, -0.25) is 0 Å². The molecule has 2 aromatic rings. The molecule has 21 heavy (non-hydrogen) atoms. The van der Waals surface area contributed by atoms with Gasteiger partial charge in [-0.1, -0.05) is 0 Å². The highest BCUT2D eigenvalue weighted by Gasteiger charge is 2.01. The number of hydrogen-bond acceptors (Lipinski definition) is 4. The van der Waals surface area contributed by atoms with Crippen molar-refractivity contribution in [3.63, 3.8) is 0 Å². The van der Waals surface area contributed by atoms with Crippen molar-refractivity contribution in [1.29, 1.82) is 0 Å². The molecular formula is C17H22N2O2. The van der Waals surface area contributed by atoms with Crippen LogP contribution in [0.15, 0.2) is 48.5 Å². The first-order valence-electron chi connectivity index (χ1n) is 7.11. The summed E-state index contributed by atoms with van der Waals surface area (Å²) in [6.07, 6.45) is 0. The second kappa shape index (κ2) is 7.43. The Morgan fingerprint density at radius 2 is 1.48 bits per heavy atom. The van der Waals surface area contributed by atoms with Crippen molar-refractivity contribution in [3.05, 3.63) is 48.5 Å². The van der Waals surface area contributed by atoms with Gasteiger partial charge in [0.05, 0.1) is 13.2 Å². The molecule has 0 aliphatic rings. The fourth-order valence-corrected chi connectivity index (χ4v) is 1.96. The lowest BCUT2D eigenvalue weighted by molar-refractivity contribution is 0.321. The molecule has 112 valence electrons. The van der Waals surface area contributed by atoms with E-state index in [1.54, 1.807) is 0 Å². The van der Waals surface area contributed by atoms with Gasteiger partial charge in [-0.15, -0.1) is 0 Å². The van der Waals surface area contributed by atoms with Crippen LogP contribution in [0.4, 0.5) is 11.4 Å². The largest absolute Gasteiger partial charge is 0.494 e. The molecule has 0 atom stereocenters. The van der Waals surface area contributed by atoms with Gasteiger partial charge >= 0.3 is 0 Å². The zero-order chi connectivity index (χ0) is 15.1. The molecule has 2 rings (SSSR count). The topological polar surface area (TPSA) is 47.7 Å². The summed E-state index contributed by atoms with van der Waals surface area (Å²) >= 11 is 0. The van der Waals surface area contributed by atoms with E-state index in [1.807, 2.05) is 62.5 Å². The van der Waals surface area contributed by atoms with Crippen molar-refractivity contribution < 1.29 is 9.47 Å². The highest BCUT2D eigenvalue weighted by atomic mass is 16.5. The number of nitrogens with zero attached hydrogens (tertiary/aromatic N) is 1. The van der Waals surface area contributed by atoms with Gasteiger partial charge in [0.1, 0.15) is 18.1 Å². The molecule has 0 aliphatic heterocycles. The maximum atomic E-state index is 5.73. The van der Waals surface area contributed by atoms with Gasteiger partial charge in [-0.05, 0) is 55.5 Å². The van der Waals surface area contributed by atoms with Gasteiger partial charge in [0.25, 0.3) is 0 Å². The van der Waals surface area contributed by atoms with E-state index in [0.29, 0.717) is 13.2 Å². The quantitative estimate of drug-likeness (QED) is 0.794. The Labute approximate surface area is 126 Å². The molecule has 0 spiro atoms. The zero-order valence-electron chi connectivity index (χ0n) is 12.6. The lowest BCUT2D eigenvalue weighted by Crippen LogP contribution is -2.23. The molecule has 4 heteroatoms. The highest BCUT2D eigenvalue weighted by molar-refractivity contribution is 5.52. The van der Waals surface area contributed by atoms with Gasteiger partial charge in [0.15, 0.2) is 0 Å². The molecule has 2 N–H and O–H groups in total. The molecule has 0 bridgehead atoms. The number of rotatable bonds is 7. The van der Waals surface area contributed by atoms with E-state index in [2.05, 4.69) is 4.90 Å². The van der Waals surface area contributed by atoms with Crippen molar-refractivity contribution in [3.8, 4) is 11.5 Å². The molecule has 4 nitrogen and oxygen atoms in total. The Balaban J connectivity index is 1.79. The fourth-order valence-electron chi connectivity index (χ4n) is 1.96. The van der Waals surface area contributed by atoms with Crippen LogP contribution in [0.3, 0.4) is 0 Å². The summed E-state index contributed by atoms with van der Waals surface area (Å²) in [6, 6.07) is 15.5. The van der Waals surface area contributed by atoms with Crippen LogP contribution in [0.1, 0.15) is 6.92 Å². The third kappa shape index (κ3) is 4.60. The van der Waals surface area contributed by atoms with E-state index in [-0.39, 0.29) is 0 Å². The minimum Gasteiger partial charge on any atom is -0.494 e. The summed E-state index contributed by atoms with van der Waals surface area (Å²) in [5.74, 6) is 1.72. The first kappa shape index (κ1) is 15.0. The molecular weight excluding hydrogens is 264 g/mol. The van der Waals surface area contributed by atoms with Crippen LogP contribution in [-0.4, -0.2) is 26.8 Å². The third-order valence-electron chi connectivity index (χ3n) is 3.16. The average Bonchev–Trinajstić information content (AvgIpc) is 2.50. The summed E-state index contributed by atoms with van der Waals surface area (Å²) in [7, 11) is 2.03. The molecule has 0 aliphatic carbocycles. The molecule has 0 unspecified atom stereocenters. The number of likely N-dealkylation sites (N-methyl/N-ethyl adjacent to an activating group) is 1. The van der Waals surface area contributed by atoms with Gasteiger partial charge < -0.3 is 20.1 Å². The smallest absolute Gasteiger partial charge is 0.119 e. The molecule has 0 fully saturated rings. The Hall–Kier alpha value is -2.36. The summed E-state index contributed by atoms with van der Waals surface area (Å²) in [4.78, 5) is 2.13. The van der Waals surface area contributed by atoms with Crippen LogP contribution in [-0.2, 0) is 0 Å². The van der Waals surface area contributed by atoms with Gasteiger partial charge in [0.2, 0.25) is 0 Å². The maximum Gasteiger partial charge on any atom is 0.119 e. The average molecular weight is 286 g/mol. The standard InChI is InChI=1S/C17H22N2O2/c1-3-20-16-8-10-17(11-9-16)21-13-12-19(2)15-6-4-14(18)5-7-15/h4-11H,3,12-13,18H2,1-2H3. The normalized spacial score (nSPS) is 10.2. The van der Waals surface area contributed by atoms with Crippen molar-refractivity contribution in [2.24, 2.45) is 0 Å². The van der Waals surface area contributed by atoms with Crippen LogP contribution in [0, 0.1) is 0 Å². The summed E-state index contributed by atoms with van der Waals surface area (Å²) in [6.45, 7) is 4.07. The number of nitrogens with two attached hydrogens (primary N) is 1.